The molecule has 0 atom stereocenters. The number of aromatic nitrogens is 1. The molecule has 3 aromatic rings. The number of benzene rings is 2. The lowest BCUT2D eigenvalue weighted by Gasteiger charge is -2.09. The predicted octanol–water partition coefficient (Wildman–Crippen LogP) is 3.87. The van der Waals surface area contributed by atoms with Gasteiger partial charge >= 0.3 is 0 Å². The molecular weight excluding hydrogens is 312 g/mol. The molecule has 4 rings (SSSR count). The Kier molecular flexibility index (Phi) is 3.41. The molecule has 4 nitrogen and oxygen atoms in total. The second-order valence-electron chi connectivity index (χ2n) is 5.74. The van der Waals surface area contributed by atoms with Crippen molar-refractivity contribution in [3.05, 3.63) is 72.1 Å². The van der Waals surface area contributed by atoms with Gasteiger partial charge in [0.2, 0.25) is 0 Å². The maximum atomic E-state index is 12.7. The van der Waals surface area contributed by atoms with E-state index in [4.69, 9.17) is 6.42 Å². The highest BCUT2D eigenvalue weighted by Gasteiger charge is 2.32. The number of phenols is 1. The topological polar surface area (TPSA) is 56.3 Å². The maximum absolute atomic E-state index is 12.7. The number of aromatic hydroxyl groups is 1. The van der Waals surface area contributed by atoms with Gasteiger partial charge in [-0.25, -0.2) is 4.90 Å². The molecule has 0 saturated carbocycles. The van der Waals surface area contributed by atoms with Gasteiger partial charge in [0.15, 0.2) is 0 Å². The number of terminal acetylenes is 1. The molecule has 1 aliphatic heterocycles. The number of carbonyl (C=O) groups is 1. The fraction of sp³-hybridized carbons (Fsp3) is 0. The smallest absolute Gasteiger partial charge is 0.270 e. The van der Waals surface area contributed by atoms with Crippen LogP contribution in [0.25, 0.3) is 22.8 Å². The number of anilines is 1. The number of hydrogen-bond acceptors (Lipinski definition) is 2. The molecule has 2 aromatic carbocycles. The van der Waals surface area contributed by atoms with Crippen LogP contribution < -0.4 is 4.90 Å². The van der Waals surface area contributed by atoms with Crippen LogP contribution in [0.1, 0.15) is 11.3 Å². The third-order valence-electron chi connectivity index (χ3n) is 4.19. The Bertz CT molecular complexity index is 1040. The number of nitrogens with zero attached hydrogens (tertiary/aromatic N) is 1. The first-order valence-corrected chi connectivity index (χ1v) is 7.77. The number of phenolic OH excluding ortho intramolecular Hbond substituents is 1. The van der Waals surface area contributed by atoms with Gasteiger partial charge < -0.3 is 10.1 Å². The standard InChI is InChI=1S/C21H14N2O2/c1-2-23-20-9-8-15(14-5-3-7-17(24)11-14)12-18(20)19(21(23)25)13-16-6-4-10-22-16/h1,3-13,22,24H/b19-13-. The first kappa shape index (κ1) is 14.9. The molecule has 120 valence electrons. The molecule has 0 fully saturated rings. The van der Waals surface area contributed by atoms with E-state index in [0.717, 1.165) is 22.4 Å². The van der Waals surface area contributed by atoms with E-state index in [1.165, 1.54) is 4.90 Å². The SMILES string of the molecule is C#CN1C(=O)/C(=C\c2ccc[nH]2)c2cc(-c3cccc(O)c3)ccc21. The number of carbonyl (C=O) groups excluding carboxylic acids is 1. The summed E-state index contributed by atoms with van der Waals surface area (Å²) in [5, 5.41) is 9.71. The van der Waals surface area contributed by atoms with Crippen molar-refractivity contribution in [2.45, 2.75) is 0 Å². The lowest BCUT2D eigenvalue weighted by atomic mass is 9.99. The summed E-state index contributed by atoms with van der Waals surface area (Å²) in [7, 11) is 0. The molecule has 1 aromatic heterocycles. The van der Waals surface area contributed by atoms with E-state index in [1.807, 2.05) is 36.4 Å². The van der Waals surface area contributed by atoms with Crippen molar-refractivity contribution in [3.63, 3.8) is 0 Å². The van der Waals surface area contributed by atoms with Crippen LogP contribution in [-0.2, 0) is 4.79 Å². The second kappa shape index (κ2) is 5.73. The van der Waals surface area contributed by atoms with Crippen LogP contribution in [0.5, 0.6) is 5.75 Å². The third kappa shape index (κ3) is 2.48. The highest BCUT2D eigenvalue weighted by atomic mass is 16.3. The number of H-pyrrole nitrogens is 1. The molecule has 1 amide bonds. The monoisotopic (exact) mass is 326 g/mol. The summed E-state index contributed by atoms with van der Waals surface area (Å²) in [6, 6.07) is 18.8. The highest BCUT2D eigenvalue weighted by molar-refractivity contribution is 6.37. The van der Waals surface area contributed by atoms with Crippen molar-refractivity contribution in [2.24, 2.45) is 0 Å². The average molecular weight is 326 g/mol. The van der Waals surface area contributed by atoms with Crippen LogP contribution >= 0.6 is 0 Å². The summed E-state index contributed by atoms with van der Waals surface area (Å²) < 4.78 is 0. The van der Waals surface area contributed by atoms with Crippen molar-refractivity contribution in [3.8, 4) is 29.3 Å². The minimum Gasteiger partial charge on any atom is -0.508 e. The fourth-order valence-corrected chi connectivity index (χ4v) is 3.01. The molecular formula is C21H14N2O2. The molecule has 0 spiro atoms. The van der Waals surface area contributed by atoms with E-state index >= 15 is 0 Å². The Morgan fingerprint density at radius 2 is 1.92 bits per heavy atom. The van der Waals surface area contributed by atoms with Crippen LogP contribution in [-0.4, -0.2) is 16.0 Å². The summed E-state index contributed by atoms with van der Waals surface area (Å²) in [6.45, 7) is 0. The third-order valence-corrected chi connectivity index (χ3v) is 4.19. The molecule has 25 heavy (non-hydrogen) atoms. The minimum absolute atomic E-state index is 0.196. The van der Waals surface area contributed by atoms with Gasteiger partial charge in [0.25, 0.3) is 5.91 Å². The highest BCUT2D eigenvalue weighted by Crippen LogP contribution is 2.40. The molecule has 0 bridgehead atoms. The summed E-state index contributed by atoms with van der Waals surface area (Å²) in [6.07, 6.45) is 9.13. The molecule has 0 saturated heterocycles. The van der Waals surface area contributed by atoms with Gasteiger partial charge in [-0.1, -0.05) is 24.6 Å². The number of hydrogen-bond donors (Lipinski definition) is 2. The van der Waals surface area contributed by atoms with E-state index in [2.05, 4.69) is 11.0 Å². The Labute approximate surface area is 145 Å². The zero-order valence-corrected chi connectivity index (χ0v) is 13.2. The number of amides is 1. The zero-order chi connectivity index (χ0) is 17.4. The molecule has 2 heterocycles. The number of fused-ring (bicyclic) bond motifs is 1. The van der Waals surface area contributed by atoms with Crippen LogP contribution in [0.3, 0.4) is 0 Å². The lowest BCUT2D eigenvalue weighted by Crippen LogP contribution is -2.19. The molecule has 0 aliphatic carbocycles. The van der Waals surface area contributed by atoms with E-state index in [0.29, 0.717) is 11.3 Å². The number of nitrogens with one attached hydrogen (secondary N) is 1. The Morgan fingerprint density at radius 3 is 2.64 bits per heavy atom. The quantitative estimate of drug-likeness (QED) is 0.555. The van der Waals surface area contributed by atoms with Gasteiger partial charge in [0, 0.05) is 23.5 Å². The summed E-state index contributed by atoms with van der Waals surface area (Å²) in [4.78, 5) is 17.1. The summed E-state index contributed by atoms with van der Waals surface area (Å²) >= 11 is 0. The normalized spacial score (nSPS) is 14.6. The zero-order valence-electron chi connectivity index (χ0n) is 13.2. The van der Waals surface area contributed by atoms with Gasteiger partial charge in [-0.05, 0) is 53.6 Å². The molecule has 2 N–H and O–H groups in total. The van der Waals surface area contributed by atoms with Crippen LogP contribution in [0.2, 0.25) is 0 Å². The average Bonchev–Trinajstić information content (AvgIpc) is 3.22. The number of aromatic amines is 1. The van der Waals surface area contributed by atoms with E-state index in [-0.39, 0.29) is 11.7 Å². The first-order valence-electron chi connectivity index (χ1n) is 7.77. The maximum Gasteiger partial charge on any atom is 0.270 e. The van der Waals surface area contributed by atoms with Gasteiger partial charge in [0.1, 0.15) is 5.75 Å². The lowest BCUT2D eigenvalue weighted by molar-refractivity contribution is -0.112. The van der Waals surface area contributed by atoms with Crippen molar-refractivity contribution in [1.82, 2.24) is 4.98 Å². The van der Waals surface area contributed by atoms with Crippen molar-refractivity contribution in [1.29, 1.82) is 0 Å². The van der Waals surface area contributed by atoms with Crippen molar-refractivity contribution < 1.29 is 9.90 Å². The summed E-state index contributed by atoms with van der Waals surface area (Å²) in [5.74, 6) is -0.0263. The van der Waals surface area contributed by atoms with Crippen LogP contribution in [0.4, 0.5) is 5.69 Å². The summed E-state index contributed by atoms with van der Waals surface area (Å²) in [5.41, 5.74) is 4.60. The van der Waals surface area contributed by atoms with Crippen LogP contribution in [0.15, 0.2) is 60.8 Å². The van der Waals surface area contributed by atoms with Crippen molar-refractivity contribution >= 4 is 23.2 Å². The van der Waals surface area contributed by atoms with E-state index in [1.54, 1.807) is 30.5 Å². The largest absolute Gasteiger partial charge is 0.508 e. The fourth-order valence-electron chi connectivity index (χ4n) is 3.01. The molecule has 1 aliphatic rings. The first-order chi connectivity index (χ1) is 12.2. The predicted molar refractivity (Wildman–Crippen MR) is 98.5 cm³/mol. The van der Waals surface area contributed by atoms with Crippen LogP contribution in [0, 0.1) is 12.5 Å². The Hall–Kier alpha value is -3.71. The Morgan fingerprint density at radius 1 is 1.08 bits per heavy atom. The van der Waals surface area contributed by atoms with Crippen molar-refractivity contribution in [2.75, 3.05) is 4.90 Å². The number of rotatable bonds is 2. The second-order valence-corrected chi connectivity index (χ2v) is 5.74. The van der Waals surface area contributed by atoms with E-state index in [9.17, 15) is 9.90 Å². The molecule has 0 radical (unpaired) electrons. The Balaban J connectivity index is 1.88. The van der Waals surface area contributed by atoms with Gasteiger partial charge in [-0.3, -0.25) is 4.79 Å². The molecule has 0 unspecified atom stereocenters. The van der Waals surface area contributed by atoms with E-state index < -0.39 is 0 Å². The van der Waals surface area contributed by atoms with Gasteiger partial charge in [-0.2, -0.15) is 0 Å². The minimum atomic E-state index is -0.222. The van der Waals surface area contributed by atoms with Gasteiger partial charge in [-0.15, -0.1) is 0 Å². The molecule has 4 heteroatoms. The van der Waals surface area contributed by atoms with Gasteiger partial charge in [0.05, 0.1) is 11.3 Å².